The van der Waals surface area contributed by atoms with Crippen LogP contribution in [0.2, 0.25) is 0 Å². The largest absolute Gasteiger partial charge is 0.494 e. The van der Waals surface area contributed by atoms with E-state index in [1.54, 1.807) is 12.1 Å². The van der Waals surface area contributed by atoms with Crippen LogP contribution in [0.4, 0.5) is 0 Å². The third-order valence-electron chi connectivity index (χ3n) is 1.99. The van der Waals surface area contributed by atoms with Crippen molar-refractivity contribution >= 4 is 27.5 Å². The molecule has 0 saturated carbocycles. The fourth-order valence-electron chi connectivity index (χ4n) is 1.28. The highest BCUT2D eigenvalue weighted by molar-refractivity contribution is 7.16. The third-order valence-corrected chi connectivity index (χ3v) is 2.71. The summed E-state index contributed by atoms with van der Waals surface area (Å²) in [4.78, 5) is 15.4. The molecule has 0 aliphatic rings. The number of rotatable bonds is 2. The van der Waals surface area contributed by atoms with Gasteiger partial charge in [-0.05, 0) is 12.1 Å². The Labute approximate surface area is 90.5 Å². The van der Waals surface area contributed by atoms with Crippen LogP contribution in [-0.4, -0.2) is 25.2 Å². The molecular formula is C10H8NO3S. The number of methoxy groups -OCH3 is 2. The van der Waals surface area contributed by atoms with Gasteiger partial charge in [-0.15, -0.1) is 11.3 Å². The molecule has 0 saturated heterocycles. The van der Waals surface area contributed by atoms with E-state index < -0.39 is 0 Å². The molecule has 1 radical (unpaired) electrons. The highest BCUT2D eigenvalue weighted by Crippen LogP contribution is 2.28. The number of hydrogen-bond donors (Lipinski definition) is 0. The number of esters is 1. The van der Waals surface area contributed by atoms with Crippen LogP contribution >= 0.6 is 11.3 Å². The lowest BCUT2D eigenvalue weighted by molar-refractivity contribution is 0.0600. The molecular weight excluding hydrogens is 214 g/mol. The Morgan fingerprint density at radius 3 is 2.93 bits per heavy atom. The van der Waals surface area contributed by atoms with Gasteiger partial charge in [0.15, 0.2) is 5.51 Å². The summed E-state index contributed by atoms with van der Waals surface area (Å²) in [5.41, 5.74) is 3.93. The maximum atomic E-state index is 11.3. The first-order chi connectivity index (χ1) is 7.26. The maximum Gasteiger partial charge on any atom is 0.338 e. The van der Waals surface area contributed by atoms with Crippen LogP contribution in [-0.2, 0) is 4.74 Å². The molecule has 1 heterocycles. The maximum absolute atomic E-state index is 11.3. The van der Waals surface area contributed by atoms with Crippen molar-refractivity contribution in [1.82, 2.24) is 4.98 Å². The summed E-state index contributed by atoms with van der Waals surface area (Å²) in [5.74, 6) is 0.175. The van der Waals surface area contributed by atoms with Gasteiger partial charge in [0.1, 0.15) is 11.3 Å². The Bertz CT molecular complexity index is 506. The SMILES string of the molecule is COC(=O)c1cc(OC)c2n[c]sc2c1. The molecule has 2 aromatic rings. The molecule has 0 fully saturated rings. The van der Waals surface area contributed by atoms with Crippen molar-refractivity contribution < 1.29 is 14.3 Å². The molecule has 0 amide bonds. The number of carbonyl (C=O) groups is 1. The van der Waals surface area contributed by atoms with Crippen LogP contribution in [0.25, 0.3) is 10.2 Å². The zero-order valence-electron chi connectivity index (χ0n) is 8.23. The molecule has 0 aliphatic carbocycles. The number of nitrogens with zero attached hydrogens (tertiary/aromatic N) is 1. The number of fused-ring (bicyclic) bond motifs is 1. The highest BCUT2D eigenvalue weighted by Gasteiger charge is 2.12. The van der Waals surface area contributed by atoms with Crippen molar-refractivity contribution in [2.24, 2.45) is 0 Å². The van der Waals surface area contributed by atoms with Gasteiger partial charge < -0.3 is 9.47 Å². The summed E-state index contributed by atoms with van der Waals surface area (Å²) < 4.78 is 10.6. The van der Waals surface area contributed by atoms with Gasteiger partial charge in [0.25, 0.3) is 0 Å². The molecule has 1 aromatic carbocycles. The number of hydrogen-bond acceptors (Lipinski definition) is 5. The lowest BCUT2D eigenvalue weighted by atomic mass is 10.2. The van der Waals surface area contributed by atoms with E-state index in [1.807, 2.05) is 0 Å². The van der Waals surface area contributed by atoms with E-state index in [4.69, 9.17) is 4.74 Å². The molecule has 0 bridgehead atoms. The predicted molar refractivity (Wildman–Crippen MR) is 56.3 cm³/mol. The lowest BCUT2D eigenvalue weighted by Crippen LogP contribution is -2.01. The van der Waals surface area contributed by atoms with Gasteiger partial charge >= 0.3 is 5.97 Å². The van der Waals surface area contributed by atoms with E-state index in [-0.39, 0.29) is 5.97 Å². The molecule has 0 atom stereocenters. The van der Waals surface area contributed by atoms with Crippen molar-refractivity contribution in [3.63, 3.8) is 0 Å². The van der Waals surface area contributed by atoms with E-state index >= 15 is 0 Å². The molecule has 15 heavy (non-hydrogen) atoms. The summed E-state index contributed by atoms with van der Waals surface area (Å²) in [6.45, 7) is 0. The monoisotopic (exact) mass is 222 g/mol. The van der Waals surface area contributed by atoms with E-state index in [9.17, 15) is 4.79 Å². The van der Waals surface area contributed by atoms with Crippen LogP contribution in [0, 0.1) is 5.51 Å². The van der Waals surface area contributed by atoms with E-state index in [0.717, 1.165) is 10.2 Å². The van der Waals surface area contributed by atoms with Crippen molar-refractivity contribution in [1.29, 1.82) is 0 Å². The molecule has 77 valence electrons. The second-order valence-corrected chi connectivity index (χ2v) is 3.65. The van der Waals surface area contributed by atoms with Crippen LogP contribution in [0.1, 0.15) is 10.4 Å². The van der Waals surface area contributed by atoms with Crippen LogP contribution in [0.3, 0.4) is 0 Å². The number of aromatic nitrogens is 1. The molecule has 0 aliphatic heterocycles. The van der Waals surface area contributed by atoms with Gasteiger partial charge in [0, 0.05) is 0 Å². The molecule has 0 N–H and O–H groups in total. The Kier molecular flexibility index (Phi) is 2.55. The fraction of sp³-hybridized carbons (Fsp3) is 0.200. The van der Waals surface area contributed by atoms with Crippen LogP contribution in [0.15, 0.2) is 12.1 Å². The number of carbonyl (C=O) groups excluding carboxylic acids is 1. The minimum Gasteiger partial charge on any atom is -0.494 e. The Balaban J connectivity index is 2.63. The van der Waals surface area contributed by atoms with E-state index in [1.165, 1.54) is 25.6 Å². The zero-order valence-corrected chi connectivity index (χ0v) is 9.05. The minimum absolute atomic E-state index is 0.386. The van der Waals surface area contributed by atoms with Gasteiger partial charge in [-0.1, -0.05) is 0 Å². The quantitative estimate of drug-likeness (QED) is 0.728. The fourth-order valence-corrected chi connectivity index (χ4v) is 1.94. The van der Waals surface area contributed by atoms with Gasteiger partial charge in [-0.2, -0.15) is 0 Å². The topological polar surface area (TPSA) is 48.4 Å². The molecule has 0 unspecified atom stereocenters. The van der Waals surface area contributed by atoms with Crippen molar-refractivity contribution in [2.45, 2.75) is 0 Å². The minimum atomic E-state index is -0.386. The highest BCUT2D eigenvalue weighted by atomic mass is 32.1. The lowest BCUT2D eigenvalue weighted by Gasteiger charge is -2.03. The summed E-state index contributed by atoms with van der Waals surface area (Å²) >= 11 is 1.34. The Morgan fingerprint density at radius 2 is 2.27 bits per heavy atom. The van der Waals surface area contributed by atoms with E-state index in [0.29, 0.717) is 11.3 Å². The number of benzene rings is 1. The third kappa shape index (κ3) is 1.66. The summed E-state index contributed by atoms with van der Waals surface area (Å²) in [5, 5.41) is 0. The Morgan fingerprint density at radius 1 is 1.47 bits per heavy atom. The average molecular weight is 222 g/mol. The predicted octanol–water partition coefficient (Wildman–Crippen LogP) is 1.89. The first-order valence-corrected chi connectivity index (χ1v) is 5.01. The van der Waals surface area contributed by atoms with Gasteiger partial charge in [-0.25, -0.2) is 9.78 Å². The molecule has 1 aromatic heterocycles. The van der Waals surface area contributed by atoms with Crippen LogP contribution < -0.4 is 4.74 Å². The molecule has 5 heteroatoms. The second kappa shape index (κ2) is 3.86. The summed E-state index contributed by atoms with van der Waals surface area (Å²) in [6, 6.07) is 3.33. The smallest absolute Gasteiger partial charge is 0.338 e. The summed E-state index contributed by atoms with van der Waals surface area (Å²) in [7, 11) is 2.88. The normalized spacial score (nSPS) is 10.3. The van der Waals surface area contributed by atoms with Gasteiger partial charge in [0.2, 0.25) is 0 Å². The van der Waals surface area contributed by atoms with Crippen LogP contribution in [0.5, 0.6) is 5.75 Å². The first kappa shape index (κ1) is 9.92. The number of ether oxygens (including phenoxy) is 2. The van der Waals surface area contributed by atoms with Gasteiger partial charge in [-0.3, -0.25) is 0 Å². The zero-order chi connectivity index (χ0) is 10.8. The summed E-state index contributed by atoms with van der Waals surface area (Å²) in [6.07, 6.45) is 0. The van der Waals surface area contributed by atoms with Gasteiger partial charge in [0.05, 0.1) is 24.5 Å². The Hall–Kier alpha value is -1.62. The molecule has 4 nitrogen and oxygen atoms in total. The average Bonchev–Trinajstić information content (AvgIpc) is 2.74. The van der Waals surface area contributed by atoms with Crippen molar-refractivity contribution in [3.05, 3.63) is 23.2 Å². The number of thiazole rings is 1. The first-order valence-electron chi connectivity index (χ1n) is 4.19. The molecule has 0 spiro atoms. The standard InChI is InChI=1S/C10H8NO3S/c1-13-7-3-6(10(12)14-2)4-8-9(7)11-5-15-8/h3-4H,1-2H3. The van der Waals surface area contributed by atoms with Crippen molar-refractivity contribution in [2.75, 3.05) is 14.2 Å². The van der Waals surface area contributed by atoms with E-state index in [2.05, 4.69) is 15.2 Å². The molecule has 2 rings (SSSR count). The van der Waals surface area contributed by atoms with Crippen molar-refractivity contribution in [3.8, 4) is 5.75 Å². The second-order valence-electron chi connectivity index (χ2n) is 2.82.